The molecule has 3 nitrogen and oxygen atoms in total. The Balaban J connectivity index is 1.68. The first-order valence-electron chi connectivity index (χ1n) is 9.85. The summed E-state index contributed by atoms with van der Waals surface area (Å²) in [4.78, 5) is 16.1. The van der Waals surface area contributed by atoms with Crippen molar-refractivity contribution < 1.29 is 19.4 Å². The lowest BCUT2D eigenvalue weighted by molar-refractivity contribution is -0.165. The molecule has 0 aliphatic heterocycles. The van der Waals surface area contributed by atoms with Crippen molar-refractivity contribution in [2.24, 2.45) is 34.5 Å². The summed E-state index contributed by atoms with van der Waals surface area (Å²) >= 11 is 0. The van der Waals surface area contributed by atoms with Gasteiger partial charge in [0.25, 0.3) is 0 Å². The molecule has 0 heterocycles. The Hall–Kier alpha value is -1.26. The average Bonchev–Trinajstić information content (AvgIpc) is 2.92. The summed E-state index contributed by atoms with van der Waals surface area (Å²) in [7, 11) is 0. The Morgan fingerprint density at radius 2 is 2.15 bits per heavy atom. The molecule has 4 heteroatoms. The summed E-state index contributed by atoms with van der Waals surface area (Å²) in [5.41, 5.74) is 2.03. The number of aliphatic hydroxyl groups excluding tert-OH is 1. The van der Waals surface area contributed by atoms with Crippen LogP contribution in [0, 0.1) is 34.5 Å². The van der Waals surface area contributed by atoms with E-state index in [1.165, 1.54) is 5.57 Å². The topological polar surface area (TPSA) is 46.5 Å². The Labute approximate surface area is 154 Å². The van der Waals surface area contributed by atoms with Crippen molar-refractivity contribution in [1.29, 1.82) is 0 Å². The summed E-state index contributed by atoms with van der Waals surface area (Å²) in [6, 6.07) is 0. The molecule has 0 aromatic rings. The highest BCUT2D eigenvalue weighted by atomic mass is 19.3. The van der Waals surface area contributed by atoms with Gasteiger partial charge in [-0.15, -0.1) is 0 Å². The van der Waals surface area contributed by atoms with Crippen molar-refractivity contribution in [2.45, 2.75) is 52.1 Å². The molecule has 4 aliphatic rings. The second-order valence-corrected chi connectivity index (χ2v) is 9.32. The summed E-state index contributed by atoms with van der Waals surface area (Å²) in [6.45, 7) is 7.98. The molecule has 142 valence electrons. The van der Waals surface area contributed by atoms with E-state index < -0.39 is 12.7 Å². The molecule has 7 unspecified atom stereocenters. The van der Waals surface area contributed by atoms with Crippen LogP contribution in [0.5, 0.6) is 0 Å². The van der Waals surface area contributed by atoms with Gasteiger partial charge in [0.2, 0.25) is 0 Å². The SMILES string of the molecule is C=C1C=CC2(C)C(=C1)CCC1C2C(O)CC2(C)C(C(=O)COF)CCC12. The predicted octanol–water partition coefficient (Wildman–Crippen LogP) is 4.34. The van der Waals surface area contributed by atoms with Gasteiger partial charge >= 0.3 is 0 Å². The summed E-state index contributed by atoms with van der Waals surface area (Å²) in [5.74, 6) is 0.619. The van der Waals surface area contributed by atoms with Crippen molar-refractivity contribution in [2.75, 3.05) is 6.61 Å². The van der Waals surface area contributed by atoms with Gasteiger partial charge in [0.05, 0.1) is 6.10 Å². The monoisotopic (exact) mass is 360 g/mol. The molecule has 3 saturated carbocycles. The van der Waals surface area contributed by atoms with Gasteiger partial charge in [-0.2, -0.15) is 4.94 Å². The van der Waals surface area contributed by atoms with E-state index in [1.807, 2.05) is 0 Å². The van der Waals surface area contributed by atoms with Gasteiger partial charge in [0.1, 0.15) is 6.61 Å². The number of Topliss-reactive ketones (excluding diaryl/α,β-unsaturated/α-hetero) is 1. The Bertz CT molecular complexity index is 696. The van der Waals surface area contributed by atoms with E-state index in [0.717, 1.165) is 31.3 Å². The molecule has 3 fully saturated rings. The quantitative estimate of drug-likeness (QED) is 0.814. The predicted molar refractivity (Wildman–Crippen MR) is 97.7 cm³/mol. The summed E-state index contributed by atoms with van der Waals surface area (Å²) in [5, 5.41) is 11.2. The highest BCUT2D eigenvalue weighted by Gasteiger charge is 2.62. The zero-order valence-electron chi connectivity index (χ0n) is 15.7. The molecular weight excluding hydrogens is 331 g/mol. The van der Waals surface area contributed by atoms with Gasteiger partial charge in [0, 0.05) is 17.3 Å². The molecule has 0 radical (unpaired) electrons. The van der Waals surface area contributed by atoms with Gasteiger partial charge in [-0.05, 0) is 59.5 Å². The van der Waals surface area contributed by atoms with Crippen LogP contribution in [0.3, 0.4) is 0 Å². The number of halogens is 1. The van der Waals surface area contributed by atoms with Gasteiger partial charge in [-0.25, -0.2) is 0 Å². The second-order valence-electron chi connectivity index (χ2n) is 9.32. The van der Waals surface area contributed by atoms with E-state index >= 15 is 0 Å². The standard InChI is InChI=1S/C22H29FO3/c1-13-8-9-21(2)14(10-13)4-5-15-16-6-7-17(19(25)12-26-23)22(16,3)11-18(24)20(15)21/h8-10,15-18,20,24H,1,4-7,11-12H2,2-3H3. The number of hydrogen-bond acceptors (Lipinski definition) is 3. The maximum absolute atomic E-state index is 12.4. The van der Waals surface area contributed by atoms with Gasteiger partial charge < -0.3 is 5.11 Å². The molecule has 0 aromatic heterocycles. The van der Waals surface area contributed by atoms with Crippen LogP contribution < -0.4 is 0 Å². The number of hydrogen-bond donors (Lipinski definition) is 1. The largest absolute Gasteiger partial charge is 0.393 e. The average molecular weight is 360 g/mol. The molecular formula is C22H29FO3. The lowest BCUT2D eigenvalue weighted by atomic mass is 9.46. The van der Waals surface area contributed by atoms with E-state index in [0.29, 0.717) is 18.3 Å². The molecule has 26 heavy (non-hydrogen) atoms. The molecule has 0 spiro atoms. The number of allylic oxidation sites excluding steroid dienone is 5. The van der Waals surface area contributed by atoms with Crippen LogP contribution in [-0.2, 0) is 9.74 Å². The van der Waals surface area contributed by atoms with E-state index in [-0.39, 0.29) is 28.4 Å². The van der Waals surface area contributed by atoms with Gasteiger partial charge in [-0.3, -0.25) is 4.79 Å². The molecule has 0 aromatic carbocycles. The van der Waals surface area contributed by atoms with Crippen LogP contribution in [0.2, 0.25) is 0 Å². The number of fused-ring (bicyclic) bond motifs is 5. The molecule has 0 amide bonds. The van der Waals surface area contributed by atoms with Crippen LogP contribution in [0.15, 0.2) is 36.0 Å². The van der Waals surface area contributed by atoms with Crippen molar-refractivity contribution in [3.8, 4) is 0 Å². The minimum absolute atomic E-state index is 0.130. The van der Waals surface area contributed by atoms with Crippen molar-refractivity contribution in [1.82, 2.24) is 0 Å². The van der Waals surface area contributed by atoms with E-state index in [9.17, 15) is 14.4 Å². The van der Waals surface area contributed by atoms with Crippen LogP contribution in [0.4, 0.5) is 4.53 Å². The molecule has 4 aliphatic carbocycles. The minimum Gasteiger partial charge on any atom is -0.393 e. The smallest absolute Gasteiger partial charge is 0.165 e. The number of rotatable bonds is 3. The molecule has 0 saturated heterocycles. The fraction of sp³-hybridized carbons (Fsp3) is 0.682. The Morgan fingerprint density at radius 1 is 1.38 bits per heavy atom. The number of carbonyl (C=O) groups is 1. The lowest BCUT2D eigenvalue weighted by Gasteiger charge is -2.58. The van der Waals surface area contributed by atoms with Crippen molar-refractivity contribution in [3.05, 3.63) is 36.0 Å². The van der Waals surface area contributed by atoms with Crippen LogP contribution >= 0.6 is 0 Å². The minimum atomic E-state index is -0.466. The van der Waals surface area contributed by atoms with Crippen LogP contribution in [-0.4, -0.2) is 23.6 Å². The number of ketones is 1. The first-order valence-corrected chi connectivity index (χ1v) is 9.85. The molecule has 0 bridgehead atoms. The van der Waals surface area contributed by atoms with E-state index in [2.05, 4.69) is 43.6 Å². The molecule has 7 atom stereocenters. The van der Waals surface area contributed by atoms with E-state index in [1.54, 1.807) is 0 Å². The maximum Gasteiger partial charge on any atom is 0.165 e. The first kappa shape index (κ1) is 18.1. The van der Waals surface area contributed by atoms with Crippen LogP contribution in [0.1, 0.15) is 46.0 Å². The third-order valence-corrected chi connectivity index (χ3v) is 8.17. The third kappa shape index (κ3) is 2.41. The Morgan fingerprint density at radius 3 is 2.88 bits per heavy atom. The van der Waals surface area contributed by atoms with Gasteiger partial charge in [0.15, 0.2) is 5.78 Å². The van der Waals surface area contributed by atoms with Gasteiger partial charge in [-0.1, -0.05) is 44.2 Å². The van der Waals surface area contributed by atoms with E-state index in [4.69, 9.17) is 0 Å². The zero-order valence-corrected chi connectivity index (χ0v) is 15.7. The lowest BCUT2D eigenvalue weighted by Crippen LogP contribution is -2.56. The zero-order chi connectivity index (χ0) is 18.7. The normalized spacial score (nSPS) is 47.0. The first-order chi connectivity index (χ1) is 12.3. The maximum atomic E-state index is 12.4. The highest BCUT2D eigenvalue weighted by Crippen LogP contribution is 2.66. The number of carbonyl (C=O) groups excluding carboxylic acids is 1. The third-order valence-electron chi connectivity index (χ3n) is 8.17. The fourth-order valence-corrected chi connectivity index (χ4v) is 7.09. The number of aliphatic hydroxyl groups is 1. The Kier molecular flexibility index (Phi) is 4.27. The van der Waals surface area contributed by atoms with Crippen LogP contribution in [0.25, 0.3) is 0 Å². The van der Waals surface area contributed by atoms with Crippen molar-refractivity contribution in [3.63, 3.8) is 0 Å². The highest BCUT2D eigenvalue weighted by molar-refractivity contribution is 5.83. The summed E-state index contributed by atoms with van der Waals surface area (Å²) < 4.78 is 12.3. The summed E-state index contributed by atoms with van der Waals surface area (Å²) in [6.07, 6.45) is 10.5. The molecule has 1 N–H and O–H groups in total. The molecule has 4 rings (SSSR count). The fourth-order valence-electron chi connectivity index (χ4n) is 7.09. The van der Waals surface area contributed by atoms with Crippen molar-refractivity contribution >= 4 is 5.78 Å². The second kappa shape index (κ2) is 6.13.